The fourth-order valence-corrected chi connectivity index (χ4v) is 2.60. The normalized spacial score (nSPS) is 17.2. The zero-order valence-electron chi connectivity index (χ0n) is 11.7. The average molecular weight is 284 g/mol. The molecule has 0 aromatic carbocycles. The molecule has 114 valence electrons. The van der Waals surface area contributed by atoms with Gasteiger partial charge in [0.2, 0.25) is 17.7 Å². The molecule has 1 fully saturated rings. The third-order valence-corrected chi connectivity index (χ3v) is 3.62. The van der Waals surface area contributed by atoms with Crippen molar-refractivity contribution in [2.24, 2.45) is 17.4 Å². The first kappa shape index (κ1) is 16.4. The molecule has 0 radical (unpaired) electrons. The maximum Gasteiger partial charge on any atom is 0.239 e. The topological polar surface area (TPSA) is 127 Å². The molecule has 0 aliphatic heterocycles. The van der Waals surface area contributed by atoms with Gasteiger partial charge < -0.3 is 22.1 Å². The first-order valence-corrected chi connectivity index (χ1v) is 7.07. The van der Waals surface area contributed by atoms with Gasteiger partial charge in [0.1, 0.15) is 0 Å². The van der Waals surface area contributed by atoms with Crippen molar-refractivity contribution in [3.05, 3.63) is 0 Å². The number of nitrogens with one attached hydrogen (secondary N) is 2. The maximum atomic E-state index is 11.8. The number of rotatable bonds is 7. The van der Waals surface area contributed by atoms with Crippen molar-refractivity contribution >= 4 is 17.7 Å². The third kappa shape index (κ3) is 6.01. The Kier molecular flexibility index (Phi) is 7.00. The molecule has 3 amide bonds. The molecule has 7 nitrogen and oxygen atoms in total. The summed E-state index contributed by atoms with van der Waals surface area (Å²) in [5.74, 6) is -0.842. The lowest BCUT2D eigenvalue weighted by atomic mass is 9.82. The van der Waals surface area contributed by atoms with Gasteiger partial charge in [0.25, 0.3) is 0 Å². The molecule has 1 saturated carbocycles. The minimum Gasteiger partial charge on any atom is -0.370 e. The van der Waals surface area contributed by atoms with E-state index in [1.807, 2.05) is 0 Å². The molecule has 20 heavy (non-hydrogen) atoms. The van der Waals surface area contributed by atoms with Gasteiger partial charge in [0, 0.05) is 12.5 Å². The summed E-state index contributed by atoms with van der Waals surface area (Å²) in [5.41, 5.74) is 10.4. The number of carbonyl (C=O) groups is 3. The van der Waals surface area contributed by atoms with Crippen LogP contribution in [0.3, 0.4) is 0 Å². The highest BCUT2D eigenvalue weighted by molar-refractivity contribution is 5.86. The standard InChI is InChI=1S/C13H24N4O3/c14-7-12(19)16-8-13(20)17-10(6-11(15)18)9-4-2-1-3-5-9/h9-10H,1-8,14H2,(H2,15,18)(H,16,19)(H,17,20). The van der Waals surface area contributed by atoms with E-state index in [9.17, 15) is 14.4 Å². The molecular formula is C13H24N4O3. The van der Waals surface area contributed by atoms with Crippen molar-refractivity contribution in [2.45, 2.75) is 44.6 Å². The SMILES string of the molecule is NCC(=O)NCC(=O)NC(CC(N)=O)C1CCCCC1. The largest absolute Gasteiger partial charge is 0.370 e. The second-order valence-corrected chi connectivity index (χ2v) is 5.22. The van der Waals surface area contributed by atoms with E-state index in [0.717, 1.165) is 25.7 Å². The highest BCUT2D eigenvalue weighted by Crippen LogP contribution is 2.27. The average Bonchev–Trinajstić information content (AvgIpc) is 2.44. The number of nitrogens with two attached hydrogens (primary N) is 2. The lowest BCUT2D eigenvalue weighted by Gasteiger charge is -2.30. The van der Waals surface area contributed by atoms with Crippen molar-refractivity contribution < 1.29 is 14.4 Å². The zero-order valence-corrected chi connectivity index (χ0v) is 11.7. The van der Waals surface area contributed by atoms with E-state index in [0.29, 0.717) is 0 Å². The van der Waals surface area contributed by atoms with Gasteiger partial charge in [-0.3, -0.25) is 14.4 Å². The van der Waals surface area contributed by atoms with Gasteiger partial charge in [-0.25, -0.2) is 0 Å². The minimum absolute atomic E-state index is 0.127. The van der Waals surface area contributed by atoms with Crippen LogP contribution in [0.15, 0.2) is 0 Å². The van der Waals surface area contributed by atoms with Gasteiger partial charge in [-0.05, 0) is 18.8 Å². The summed E-state index contributed by atoms with van der Waals surface area (Å²) >= 11 is 0. The fraction of sp³-hybridized carbons (Fsp3) is 0.769. The van der Waals surface area contributed by atoms with Crippen LogP contribution in [-0.4, -0.2) is 36.9 Å². The molecule has 0 bridgehead atoms. The van der Waals surface area contributed by atoms with Crippen LogP contribution in [0.2, 0.25) is 0 Å². The quantitative estimate of drug-likeness (QED) is 0.478. The molecule has 0 heterocycles. The summed E-state index contributed by atoms with van der Waals surface area (Å²) in [5, 5.41) is 5.20. The van der Waals surface area contributed by atoms with E-state index in [1.54, 1.807) is 0 Å². The van der Waals surface area contributed by atoms with Crippen LogP contribution < -0.4 is 22.1 Å². The van der Waals surface area contributed by atoms with Crippen LogP contribution >= 0.6 is 0 Å². The van der Waals surface area contributed by atoms with Crippen LogP contribution in [0.4, 0.5) is 0 Å². The van der Waals surface area contributed by atoms with Crippen LogP contribution in [0, 0.1) is 5.92 Å². The van der Waals surface area contributed by atoms with E-state index in [2.05, 4.69) is 10.6 Å². The van der Waals surface area contributed by atoms with E-state index in [1.165, 1.54) is 6.42 Å². The molecule has 0 saturated heterocycles. The van der Waals surface area contributed by atoms with Gasteiger partial charge in [-0.1, -0.05) is 19.3 Å². The predicted molar refractivity (Wildman–Crippen MR) is 74.4 cm³/mol. The van der Waals surface area contributed by atoms with Crippen LogP contribution in [0.25, 0.3) is 0 Å². The summed E-state index contributed by atoms with van der Waals surface area (Å²) < 4.78 is 0. The number of amides is 3. The molecule has 1 atom stereocenters. The van der Waals surface area contributed by atoms with Crippen LogP contribution in [0.5, 0.6) is 0 Å². The monoisotopic (exact) mass is 284 g/mol. The summed E-state index contributed by atoms with van der Waals surface area (Å²) in [4.78, 5) is 33.9. The Hall–Kier alpha value is -1.63. The molecule has 7 heteroatoms. The summed E-state index contributed by atoms with van der Waals surface area (Å²) in [6, 6.07) is -0.241. The molecule has 6 N–H and O–H groups in total. The summed E-state index contributed by atoms with van der Waals surface area (Å²) in [6.07, 6.45) is 5.54. The Morgan fingerprint density at radius 3 is 2.30 bits per heavy atom. The molecule has 1 aliphatic carbocycles. The van der Waals surface area contributed by atoms with Crippen LogP contribution in [-0.2, 0) is 14.4 Å². The number of carbonyl (C=O) groups excluding carboxylic acids is 3. The first-order chi connectivity index (χ1) is 9.52. The zero-order chi connectivity index (χ0) is 15.0. The van der Waals surface area contributed by atoms with Gasteiger partial charge in [0.05, 0.1) is 13.1 Å². The molecule has 0 aromatic rings. The van der Waals surface area contributed by atoms with Crippen molar-refractivity contribution in [3.8, 4) is 0 Å². The third-order valence-electron chi connectivity index (χ3n) is 3.62. The van der Waals surface area contributed by atoms with E-state index < -0.39 is 5.91 Å². The van der Waals surface area contributed by atoms with Crippen molar-refractivity contribution in [3.63, 3.8) is 0 Å². The predicted octanol–water partition coefficient (Wildman–Crippen LogP) is -0.998. The van der Waals surface area contributed by atoms with Crippen molar-refractivity contribution in [2.75, 3.05) is 13.1 Å². The van der Waals surface area contributed by atoms with Gasteiger partial charge in [0.15, 0.2) is 0 Å². The second kappa shape index (κ2) is 8.52. The maximum absolute atomic E-state index is 11.8. The molecule has 0 spiro atoms. The smallest absolute Gasteiger partial charge is 0.239 e. The van der Waals surface area contributed by atoms with Crippen LogP contribution in [0.1, 0.15) is 38.5 Å². The lowest BCUT2D eigenvalue weighted by Crippen LogP contribution is -2.47. The van der Waals surface area contributed by atoms with Crippen molar-refractivity contribution in [1.29, 1.82) is 0 Å². The number of hydrogen-bond acceptors (Lipinski definition) is 4. The lowest BCUT2D eigenvalue weighted by molar-refractivity contribution is -0.126. The van der Waals surface area contributed by atoms with Gasteiger partial charge in [-0.15, -0.1) is 0 Å². The first-order valence-electron chi connectivity index (χ1n) is 7.07. The minimum atomic E-state index is -0.424. The highest BCUT2D eigenvalue weighted by Gasteiger charge is 2.26. The number of hydrogen-bond donors (Lipinski definition) is 4. The Labute approximate surface area is 118 Å². The van der Waals surface area contributed by atoms with Gasteiger partial charge >= 0.3 is 0 Å². The molecule has 1 unspecified atom stereocenters. The Balaban J connectivity index is 2.48. The second-order valence-electron chi connectivity index (χ2n) is 5.22. The fourth-order valence-electron chi connectivity index (χ4n) is 2.60. The molecule has 1 rings (SSSR count). The van der Waals surface area contributed by atoms with Gasteiger partial charge in [-0.2, -0.15) is 0 Å². The summed E-state index contributed by atoms with van der Waals surface area (Å²) in [6.45, 7) is -0.279. The molecular weight excluding hydrogens is 260 g/mol. The summed E-state index contributed by atoms with van der Waals surface area (Å²) in [7, 11) is 0. The van der Waals surface area contributed by atoms with E-state index >= 15 is 0 Å². The van der Waals surface area contributed by atoms with E-state index in [4.69, 9.17) is 11.5 Å². The Bertz CT molecular complexity index is 354. The molecule has 0 aromatic heterocycles. The Morgan fingerprint density at radius 2 is 1.75 bits per heavy atom. The molecule has 1 aliphatic rings. The highest BCUT2D eigenvalue weighted by atomic mass is 16.2. The van der Waals surface area contributed by atoms with E-state index in [-0.39, 0.29) is 43.3 Å². The van der Waals surface area contributed by atoms with Crippen molar-refractivity contribution in [1.82, 2.24) is 10.6 Å². The number of primary amides is 1. The Morgan fingerprint density at radius 1 is 1.10 bits per heavy atom.